The molecule has 1 amide bonds. The molecule has 0 bridgehead atoms. The number of amides is 1. The predicted molar refractivity (Wildman–Crippen MR) is 78.1 cm³/mol. The van der Waals surface area contributed by atoms with Crippen LogP contribution < -0.4 is 5.73 Å². The molecule has 2 unspecified atom stereocenters. The molecule has 0 radical (unpaired) electrons. The van der Waals surface area contributed by atoms with Crippen molar-refractivity contribution in [3.05, 3.63) is 35.4 Å². The van der Waals surface area contributed by atoms with Crippen LogP contribution in [0.5, 0.6) is 0 Å². The Hall–Kier alpha value is -1.35. The molecule has 0 spiro atoms. The third-order valence-electron chi connectivity index (χ3n) is 4.01. The minimum absolute atomic E-state index is 0.165. The van der Waals surface area contributed by atoms with Crippen molar-refractivity contribution in [2.24, 2.45) is 11.7 Å². The van der Waals surface area contributed by atoms with Gasteiger partial charge in [0.2, 0.25) is 0 Å². The van der Waals surface area contributed by atoms with Crippen LogP contribution in [-0.2, 0) is 6.42 Å². The van der Waals surface area contributed by atoms with Gasteiger partial charge >= 0.3 is 0 Å². The average Bonchev–Trinajstić information content (AvgIpc) is 2.42. The molecule has 1 aliphatic heterocycles. The molecular weight excluding hydrogens is 236 g/mol. The van der Waals surface area contributed by atoms with E-state index in [4.69, 9.17) is 5.73 Å². The van der Waals surface area contributed by atoms with E-state index in [1.165, 1.54) is 12.0 Å². The van der Waals surface area contributed by atoms with Gasteiger partial charge in [0.1, 0.15) is 0 Å². The molecule has 2 N–H and O–H groups in total. The van der Waals surface area contributed by atoms with Crippen LogP contribution in [0, 0.1) is 5.92 Å². The smallest absolute Gasteiger partial charge is 0.254 e. The van der Waals surface area contributed by atoms with Crippen LogP contribution in [0.25, 0.3) is 0 Å². The molecule has 0 aromatic heterocycles. The predicted octanol–water partition coefficient (Wildman–Crippen LogP) is 2.45. The first-order chi connectivity index (χ1) is 9.11. The Morgan fingerprint density at radius 2 is 1.95 bits per heavy atom. The number of carbonyl (C=O) groups is 1. The van der Waals surface area contributed by atoms with E-state index in [0.717, 1.165) is 24.9 Å². The number of piperidine rings is 1. The average molecular weight is 260 g/mol. The van der Waals surface area contributed by atoms with Gasteiger partial charge in [-0.3, -0.25) is 4.79 Å². The fourth-order valence-corrected chi connectivity index (χ4v) is 2.72. The number of benzene rings is 1. The number of carbonyl (C=O) groups excluding carboxylic acids is 1. The molecule has 104 valence electrons. The van der Waals surface area contributed by atoms with Gasteiger partial charge in [-0.1, -0.05) is 19.1 Å². The van der Waals surface area contributed by atoms with Crippen molar-refractivity contribution in [2.45, 2.75) is 39.2 Å². The van der Waals surface area contributed by atoms with Crippen molar-refractivity contribution in [2.75, 3.05) is 13.1 Å². The first-order valence-electron chi connectivity index (χ1n) is 7.21. The normalized spacial score (nSPS) is 23.4. The fraction of sp³-hybridized carbons (Fsp3) is 0.562. The van der Waals surface area contributed by atoms with Crippen molar-refractivity contribution in [1.29, 1.82) is 0 Å². The van der Waals surface area contributed by atoms with E-state index in [-0.39, 0.29) is 5.91 Å². The maximum atomic E-state index is 12.5. The standard InChI is InChI=1S/C16H24N2O/c1-12-3-4-13(2)18(11-12)16(19)15-7-5-14(6-8-15)9-10-17/h5-8,12-13H,3-4,9-11,17H2,1-2H3. The summed E-state index contributed by atoms with van der Waals surface area (Å²) in [5, 5.41) is 0. The van der Waals surface area contributed by atoms with E-state index in [1.807, 2.05) is 29.2 Å². The maximum Gasteiger partial charge on any atom is 0.254 e. The first-order valence-corrected chi connectivity index (χ1v) is 7.21. The Bertz CT molecular complexity index is 427. The fourth-order valence-electron chi connectivity index (χ4n) is 2.72. The van der Waals surface area contributed by atoms with E-state index in [0.29, 0.717) is 18.5 Å². The van der Waals surface area contributed by atoms with Crippen molar-refractivity contribution in [3.8, 4) is 0 Å². The molecule has 1 aromatic carbocycles. The first kappa shape index (κ1) is 14.1. The summed E-state index contributed by atoms with van der Waals surface area (Å²) in [7, 11) is 0. The molecule has 1 saturated heterocycles. The zero-order valence-corrected chi connectivity index (χ0v) is 11.9. The van der Waals surface area contributed by atoms with Gasteiger partial charge in [0, 0.05) is 18.2 Å². The summed E-state index contributed by atoms with van der Waals surface area (Å²) in [4.78, 5) is 14.5. The molecule has 0 aliphatic carbocycles. The van der Waals surface area contributed by atoms with Gasteiger partial charge in [-0.25, -0.2) is 0 Å². The lowest BCUT2D eigenvalue weighted by molar-refractivity contribution is 0.0574. The van der Waals surface area contributed by atoms with Crippen LogP contribution in [0.1, 0.15) is 42.6 Å². The number of nitrogens with zero attached hydrogens (tertiary/aromatic N) is 1. The zero-order valence-electron chi connectivity index (χ0n) is 11.9. The SMILES string of the molecule is CC1CCC(C)N(C(=O)c2ccc(CCN)cc2)C1. The minimum atomic E-state index is 0.165. The Morgan fingerprint density at radius 3 is 2.58 bits per heavy atom. The third kappa shape index (κ3) is 3.35. The van der Waals surface area contributed by atoms with Crippen molar-refractivity contribution >= 4 is 5.91 Å². The summed E-state index contributed by atoms with van der Waals surface area (Å²) in [6.45, 7) is 5.89. The molecule has 1 heterocycles. The summed E-state index contributed by atoms with van der Waals surface area (Å²) in [6, 6.07) is 8.24. The van der Waals surface area contributed by atoms with Crippen molar-refractivity contribution in [3.63, 3.8) is 0 Å². The zero-order chi connectivity index (χ0) is 13.8. The molecule has 19 heavy (non-hydrogen) atoms. The number of nitrogens with two attached hydrogens (primary N) is 1. The van der Waals surface area contributed by atoms with E-state index >= 15 is 0 Å². The summed E-state index contributed by atoms with van der Waals surface area (Å²) in [5.74, 6) is 0.773. The van der Waals surface area contributed by atoms with Gasteiger partial charge in [-0.15, -0.1) is 0 Å². The van der Waals surface area contributed by atoms with Crippen LogP contribution in [0.15, 0.2) is 24.3 Å². The van der Waals surface area contributed by atoms with Gasteiger partial charge in [-0.2, -0.15) is 0 Å². The van der Waals surface area contributed by atoms with Crippen LogP contribution in [0.2, 0.25) is 0 Å². The number of hydrogen-bond donors (Lipinski definition) is 1. The highest BCUT2D eigenvalue weighted by Crippen LogP contribution is 2.23. The number of rotatable bonds is 3. The van der Waals surface area contributed by atoms with Gasteiger partial charge < -0.3 is 10.6 Å². The van der Waals surface area contributed by atoms with Gasteiger partial charge in [0.05, 0.1) is 0 Å². The van der Waals surface area contributed by atoms with E-state index < -0.39 is 0 Å². The summed E-state index contributed by atoms with van der Waals surface area (Å²) >= 11 is 0. The quantitative estimate of drug-likeness (QED) is 0.907. The topological polar surface area (TPSA) is 46.3 Å². The number of hydrogen-bond acceptors (Lipinski definition) is 2. The lowest BCUT2D eigenvalue weighted by Crippen LogP contribution is -2.44. The second-order valence-corrected chi connectivity index (χ2v) is 5.72. The molecule has 0 saturated carbocycles. The van der Waals surface area contributed by atoms with Crippen LogP contribution in [0.3, 0.4) is 0 Å². The van der Waals surface area contributed by atoms with Crippen molar-refractivity contribution < 1.29 is 4.79 Å². The Kier molecular flexibility index (Phi) is 4.59. The maximum absolute atomic E-state index is 12.5. The molecule has 2 atom stereocenters. The Morgan fingerprint density at radius 1 is 1.26 bits per heavy atom. The lowest BCUT2D eigenvalue weighted by atomic mass is 9.94. The number of likely N-dealkylation sites (tertiary alicyclic amines) is 1. The Balaban J connectivity index is 2.09. The summed E-state index contributed by atoms with van der Waals surface area (Å²) in [5.41, 5.74) is 7.52. The molecule has 1 aromatic rings. The van der Waals surface area contributed by atoms with Crippen LogP contribution in [0.4, 0.5) is 0 Å². The van der Waals surface area contributed by atoms with Crippen molar-refractivity contribution in [1.82, 2.24) is 4.90 Å². The molecule has 3 heteroatoms. The Labute approximate surface area is 115 Å². The van der Waals surface area contributed by atoms with E-state index in [1.54, 1.807) is 0 Å². The monoisotopic (exact) mass is 260 g/mol. The molecule has 1 fully saturated rings. The van der Waals surface area contributed by atoms with Gasteiger partial charge in [0.25, 0.3) is 5.91 Å². The van der Waals surface area contributed by atoms with Crippen LogP contribution in [-0.4, -0.2) is 29.9 Å². The summed E-state index contributed by atoms with van der Waals surface area (Å²) < 4.78 is 0. The highest BCUT2D eigenvalue weighted by molar-refractivity contribution is 5.94. The molecule has 1 aliphatic rings. The van der Waals surface area contributed by atoms with E-state index in [2.05, 4.69) is 13.8 Å². The molecule has 2 rings (SSSR count). The summed E-state index contributed by atoms with van der Waals surface area (Å²) in [6.07, 6.45) is 3.20. The second kappa shape index (κ2) is 6.20. The molecular formula is C16H24N2O. The largest absolute Gasteiger partial charge is 0.336 e. The third-order valence-corrected chi connectivity index (χ3v) is 4.01. The highest BCUT2D eigenvalue weighted by atomic mass is 16.2. The minimum Gasteiger partial charge on any atom is -0.336 e. The van der Waals surface area contributed by atoms with Gasteiger partial charge in [-0.05, 0) is 56.3 Å². The van der Waals surface area contributed by atoms with Gasteiger partial charge in [0.15, 0.2) is 0 Å². The van der Waals surface area contributed by atoms with E-state index in [9.17, 15) is 4.79 Å². The van der Waals surface area contributed by atoms with Crippen LogP contribution >= 0.6 is 0 Å². The highest BCUT2D eigenvalue weighted by Gasteiger charge is 2.27. The lowest BCUT2D eigenvalue weighted by Gasteiger charge is -2.36. The second-order valence-electron chi connectivity index (χ2n) is 5.72. The molecule has 3 nitrogen and oxygen atoms in total.